The number of halogens is 1. The Morgan fingerprint density at radius 3 is 2.63 bits per heavy atom. The van der Waals surface area contributed by atoms with Gasteiger partial charge in [0.05, 0.1) is 17.1 Å². The van der Waals surface area contributed by atoms with Crippen molar-refractivity contribution in [1.82, 2.24) is 10.2 Å². The molecule has 0 aromatic heterocycles. The molecule has 4 nitrogen and oxygen atoms in total. The van der Waals surface area contributed by atoms with Gasteiger partial charge in [0.2, 0.25) is 5.91 Å². The molecule has 19 heavy (non-hydrogen) atoms. The summed E-state index contributed by atoms with van der Waals surface area (Å²) in [5.74, 6) is 0.663. The maximum Gasteiger partial charge on any atom is 0.242 e. The minimum Gasteiger partial charge on any atom is -0.490 e. The first-order valence-electron chi connectivity index (χ1n) is 6.20. The van der Waals surface area contributed by atoms with Crippen molar-refractivity contribution in [3.63, 3.8) is 0 Å². The van der Waals surface area contributed by atoms with Crippen LogP contribution in [0.2, 0.25) is 5.02 Å². The summed E-state index contributed by atoms with van der Waals surface area (Å²) >= 11 is 5.98. The third kappa shape index (κ3) is 4.40. The van der Waals surface area contributed by atoms with Crippen molar-refractivity contribution < 1.29 is 9.53 Å². The summed E-state index contributed by atoms with van der Waals surface area (Å²) in [7, 11) is 3.53. The van der Waals surface area contributed by atoms with Gasteiger partial charge in [-0.15, -0.1) is 0 Å². The lowest BCUT2D eigenvalue weighted by Crippen LogP contribution is -2.52. The van der Waals surface area contributed by atoms with E-state index in [2.05, 4.69) is 5.32 Å². The van der Waals surface area contributed by atoms with E-state index in [0.29, 0.717) is 23.9 Å². The topological polar surface area (TPSA) is 41.6 Å². The molecule has 0 aliphatic carbocycles. The normalized spacial score (nSPS) is 11.2. The molecule has 0 aliphatic rings. The van der Waals surface area contributed by atoms with Crippen LogP contribution in [0.1, 0.15) is 13.8 Å². The summed E-state index contributed by atoms with van der Waals surface area (Å²) in [6, 6.07) is 7.29. The van der Waals surface area contributed by atoms with Crippen LogP contribution in [0.15, 0.2) is 24.3 Å². The molecular formula is C14H21ClN2O2. The molecule has 5 heteroatoms. The molecule has 1 aromatic carbocycles. The molecule has 1 amide bonds. The van der Waals surface area contributed by atoms with E-state index in [4.69, 9.17) is 16.3 Å². The quantitative estimate of drug-likeness (QED) is 0.870. The average molecular weight is 285 g/mol. The standard InChI is InChI=1S/C14H21ClN2O2/c1-14(2,16-3)13(18)17(4)9-10-19-12-8-6-5-7-11(12)15/h5-8,16H,9-10H2,1-4H3. The van der Waals surface area contributed by atoms with Crippen molar-refractivity contribution in [2.24, 2.45) is 0 Å². The van der Waals surface area contributed by atoms with E-state index in [1.54, 1.807) is 25.1 Å². The van der Waals surface area contributed by atoms with Crippen LogP contribution in [-0.4, -0.2) is 43.6 Å². The zero-order valence-electron chi connectivity index (χ0n) is 11.9. The Morgan fingerprint density at radius 1 is 1.42 bits per heavy atom. The van der Waals surface area contributed by atoms with Crippen molar-refractivity contribution in [2.75, 3.05) is 27.2 Å². The monoisotopic (exact) mass is 284 g/mol. The van der Waals surface area contributed by atoms with Crippen molar-refractivity contribution >= 4 is 17.5 Å². The van der Waals surface area contributed by atoms with Gasteiger partial charge in [0, 0.05) is 7.05 Å². The molecule has 0 heterocycles. The Labute approximate surface area is 119 Å². The fourth-order valence-corrected chi connectivity index (χ4v) is 1.73. The zero-order valence-corrected chi connectivity index (χ0v) is 12.6. The van der Waals surface area contributed by atoms with Gasteiger partial charge in [-0.05, 0) is 33.0 Å². The second-order valence-corrected chi connectivity index (χ2v) is 5.29. The van der Waals surface area contributed by atoms with Crippen molar-refractivity contribution in [3.05, 3.63) is 29.3 Å². The molecule has 106 valence electrons. The zero-order chi connectivity index (χ0) is 14.5. The number of hydrogen-bond donors (Lipinski definition) is 1. The molecule has 0 aliphatic heterocycles. The molecule has 1 N–H and O–H groups in total. The van der Waals surface area contributed by atoms with Gasteiger partial charge in [0.25, 0.3) is 0 Å². The van der Waals surface area contributed by atoms with Gasteiger partial charge in [-0.3, -0.25) is 4.79 Å². The summed E-state index contributed by atoms with van der Waals surface area (Å²) in [6.45, 7) is 4.61. The number of nitrogens with one attached hydrogen (secondary N) is 1. The predicted molar refractivity (Wildman–Crippen MR) is 77.7 cm³/mol. The Morgan fingerprint density at radius 2 is 2.05 bits per heavy atom. The first-order valence-corrected chi connectivity index (χ1v) is 6.58. The highest BCUT2D eigenvalue weighted by Crippen LogP contribution is 2.22. The Bertz CT molecular complexity index is 435. The third-order valence-electron chi connectivity index (χ3n) is 3.03. The van der Waals surface area contributed by atoms with E-state index in [-0.39, 0.29) is 5.91 Å². The lowest BCUT2D eigenvalue weighted by Gasteiger charge is -2.28. The van der Waals surface area contributed by atoms with Crippen LogP contribution in [-0.2, 0) is 4.79 Å². The number of likely N-dealkylation sites (N-methyl/N-ethyl adjacent to an activating group) is 2. The van der Waals surface area contributed by atoms with Gasteiger partial charge >= 0.3 is 0 Å². The summed E-state index contributed by atoms with van der Waals surface area (Å²) < 4.78 is 5.56. The summed E-state index contributed by atoms with van der Waals surface area (Å²) in [6.07, 6.45) is 0. The maximum atomic E-state index is 12.1. The molecule has 0 saturated carbocycles. The summed E-state index contributed by atoms with van der Waals surface area (Å²) in [5, 5.41) is 3.56. The van der Waals surface area contributed by atoms with Gasteiger partial charge in [0.1, 0.15) is 12.4 Å². The fraction of sp³-hybridized carbons (Fsp3) is 0.500. The van der Waals surface area contributed by atoms with Crippen LogP contribution in [0.3, 0.4) is 0 Å². The number of carbonyl (C=O) groups is 1. The molecule has 1 aromatic rings. The van der Waals surface area contributed by atoms with E-state index in [1.807, 2.05) is 32.0 Å². The van der Waals surface area contributed by atoms with Crippen LogP contribution in [0.5, 0.6) is 5.75 Å². The molecule has 0 fully saturated rings. The largest absolute Gasteiger partial charge is 0.490 e. The Kier molecular flexibility index (Phi) is 5.63. The number of nitrogens with zero attached hydrogens (tertiary/aromatic N) is 1. The van der Waals surface area contributed by atoms with Crippen LogP contribution in [0.4, 0.5) is 0 Å². The van der Waals surface area contributed by atoms with Gasteiger partial charge in [0.15, 0.2) is 0 Å². The van der Waals surface area contributed by atoms with Crippen LogP contribution in [0.25, 0.3) is 0 Å². The minimum absolute atomic E-state index is 0.0257. The maximum absolute atomic E-state index is 12.1. The average Bonchev–Trinajstić information content (AvgIpc) is 2.39. The molecule has 0 saturated heterocycles. The highest BCUT2D eigenvalue weighted by molar-refractivity contribution is 6.32. The molecule has 0 unspecified atom stereocenters. The molecule has 1 rings (SSSR count). The van der Waals surface area contributed by atoms with E-state index in [1.165, 1.54) is 0 Å². The lowest BCUT2D eigenvalue weighted by molar-refractivity contribution is -0.135. The van der Waals surface area contributed by atoms with Gasteiger partial charge in [-0.2, -0.15) is 0 Å². The van der Waals surface area contributed by atoms with Gasteiger partial charge in [-0.25, -0.2) is 0 Å². The van der Waals surface area contributed by atoms with Crippen molar-refractivity contribution in [2.45, 2.75) is 19.4 Å². The van der Waals surface area contributed by atoms with Gasteiger partial charge in [-0.1, -0.05) is 23.7 Å². The number of benzene rings is 1. The van der Waals surface area contributed by atoms with E-state index in [0.717, 1.165) is 0 Å². The minimum atomic E-state index is -0.570. The van der Waals surface area contributed by atoms with E-state index >= 15 is 0 Å². The summed E-state index contributed by atoms with van der Waals surface area (Å²) in [4.78, 5) is 13.7. The smallest absolute Gasteiger partial charge is 0.242 e. The number of hydrogen-bond acceptors (Lipinski definition) is 3. The number of para-hydroxylation sites is 1. The second kappa shape index (κ2) is 6.78. The second-order valence-electron chi connectivity index (χ2n) is 4.88. The molecule has 0 bridgehead atoms. The number of rotatable bonds is 6. The first kappa shape index (κ1) is 15.8. The highest BCUT2D eigenvalue weighted by atomic mass is 35.5. The molecule has 0 spiro atoms. The molecule has 0 radical (unpaired) electrons. The highest BCUT2D eigenvalue weighted by Gasteiger charge is 2.28. The van der Waals surface area contributed by atoms with Crippen molar-refractivity contribution in [1.29, 1.82) is 0 Å². The SMILES string of the molecule is CNC(C)(C)C(=O)N(C)CCOc1ccccc1Cl. The first-order chi connectivity index (χ1) is 8.88. The van der Waals surface area contributed by atoms with Crippen LogP contribution >= 0.6 is 11.6 Å². The number of amides is 1. The Balaban J connectivity index is 2.46. The fourth-order valence-electron chi connectivity index (χ4n) is 1.54. The molecule has 0 atom stereocenters. The third-order valence-corrected chi connectivity index (χ3v) is 3.34. The predicted octanol–water partition coefficient (Wildman–Crippen LogP) is 2.18. The molecular weight excluding hydrogens is 264 g/mol. The van der Waals surface area contributed by atoms with E-state index in [9.17, 15) is 4.79 Å². The Hall–Kier alpha value is -1.26. The summed E-state index contributed by atoms with van der Waals surface area (Å²) in [5.41, 5.74) is -0.570. The van der Waals surface area contributed by atoms with E-state index < -0.39 is 5.54 Å². The van der Waals surface area contributed by atoms with Gasteiger partial charge < -0.3 is 15.0 Å². The number of ether oxygens (including phenoxy) is 1. The van der Waals surface area contributed by atoms with Crippen LogP contribution < -0.4 is 10.1 Å². The van der Waals surface area contributed by atoms with Crippen molar-refractivity contribution in [3.8, 4) is 5.75 Å². The number of carbonyl (C=O) groups excluding carboxylic acids is 1. The lowest BCUT2D eigenvalue weighted by atomic mass is 10.0. The van der Waals surface area contributed by atoms with Crippen LogP contribution in [0, 0.1) is 0 Å².